The van der Waals surface area contributed by atoms with Crippen molar-refractivity contribution in [3.8, 4) is 0 Å². The van der Waals surface area contributed by atoms with E-state index >= 15 is 0 Å². The van der Waals surface area contributed by atoms with Crippen molar-refractivity contribution < 1.29 is 135 Å². The molecule has 0 heterocycles. The SMILES string of the molecule is O=C([O-])c1c(F)c(F)c([S-])c(F)c1F.O=C([O-])c1c(F)c(F)c([S-])c(F)c1F.[CH]1[CH][CH][CH][CH]1.[CH]1[CH][CH][CH][CH]1.[Mo+4].[Na+].[Na+]. The summed E-state index contributed by atoms with van der Waals surface area (Å²) in [6, 6.07) is 0. The molecule has 2 saturated carbocycles. The topological polar surface area (TPSA) is 80.3 Å². The van der Waals surface area contributed by atoms with Crippen LogP contribution in [0.2, 0.25) is 0 Å². The third-order valence-electron chi connectivity index (χ3n) is 3.97. The van der Waals surface area contributed by atoms with Gasteiger partial charge in [0, 0.05) is 0 Å². The van der Waals surface area contributed by atoms with Crippen LogP contribution in [0.15, 0.2) is 9.79 Å². The van der Waals surface area contributed by atoms with Gasteiger partial charge in [0.1, 0.15) is 23.3 Å². The van der Waals surface area contributed by atoms with Crippen LogP contribution in [0.1, 0.15) is 20.7 Å². The van der Waals surface area contributed by atoms with Gasteiger partial charge in [0.25, 0.3) is 0 Å². The molecule has 0 N–H and O–H groups in total. The Bertz CT molecular complexity index is 1010. The molecule has 0 unspecified atom stereocenters. The molecule has 0 amide bonds. The zero-order valence-electron chi connectivity index (χ0n) is 20.7. The third-order valence-corrected chi connectivity index (χ3v) is 4.68. The Morgan fingerprint density at radius 1 is 0.439 bits per heavy atom. The van der Waals surface area contributed by atoms with Crippen LogP contribution in [0.3, 0.4) is 0 Å². The minimum Gasteiger partial charge on any atom is -0.774 e. The summed E-state index contributed by atoms with van der Waals surface area (Å²) in [5, 5.41) is 20.2. The number of carbonyl (C=O) groups is 2. The van der Waals surface area contributed by atoms with E-state index in [0.717, 1.165) is 0 Å². The van der Waals surface area contributed by atoms with Crippen molar-refractivity contribution in [1.29, 1.82) is 0 Å². The van der Waals surface area contributed by atoms with E-state index in [1.807, 2.05) is 64.2 Å². The zero-order valence-corrected chi connectivity index (χ0v) is 28.3. The number of carboxylic acid groups (broad SMARTS) is 2. The van der Waals surface area contributed by atoms with E-state index in [1.165, 1.54) is 0 Å². The molecular weight excluding hydrogens is 710 g/mol. The Hall–Kier alpha value is -0.0517. The molecule has 2 aromatic carbocycles. The van der Waals surface area contributed by atoms with Gasteiger partial charge in [-0.25, -0.2) is 35.1 Å². The van der Waals surface area contributed by atoms with Gasteiger partial charge in [-0.1, -0.05) is 9.79 Å². The van der Waals surface area contributed by atoms with Crippen molar-refractivity contribution in [1.82, 2.24) is 0 Å². The average molecular weight is 720 g/mol. The van der Waals surface area contributed by atoms with E-state index in [-0.39, 0.29) is 80.2 Å². The van der Waals surface area contributed by atoms with Gasteiger partial charge in [-0.15, -0.1) is 0 Å². The number of halogens is 8. The second-order valence-electron chi connectivity index (χ2n) is 6.42. The van der Waals surface area contributed by atoms with Gasteiger partial charge in [-0.2, -0.15) is 0 Å². The second kappa shape index (κ2) is 22.5. The fourth-order valence-electron chi connectivity index (χ4n) is 2.22. The van der Waals surface area contributed by atoms with Crippen molar-refractivity contribution in [2.45, 2.75) is 9.79 Å². The minimum atomic E-state index is -2.35. The monoisotopic (exact) mass is 722 g/mol. The Labute approximate surface area is 301 Å². The zero-order chi connectivity index (χ0) is 29.2. The average Bonchev–Trinajstić information content (AvgIpc) is 3.63. The van der Waals surface area contributed by atoms with Crippen LogP contribution in [-0.4, -0.2) is 11.9 Å². The predicted octanol–water partition coefficient (Wildman–Crippen LogP) is -2.93. The standard InChI is InChI=1S/2C7H2F4O2S.2C5H5.Mo.2Na/c2*8-2-1(7(12)13)3(9)5(11)6(14)4(2)10;2*1-2-4-5-3-1;;;/h2*14H,(H,12,13);2*1-5H;;;/q;;;;+4;2*+1/p-4. The smallest absolute Gasteiger partial charge is 0.774 e. The van der Waals surface area contributed by atoms with Crippen molar-refractivity contribution in [3.05, 3.63) is 122 Å². The van der Waals surface area contributed by atoms with Crippen LogP contribution in [-0.2, 0) is 46.3 Å². The maximum Gasteiger partial charge on any atom is 4.00 e. The van der Waals surface area contributed by atoms with Crippen LogP contribution < -0.4 is 69.3 Å². The Morgan fingerprint density at radius 3 is 0.707 bits per heavy atom. The molecule has 2 aromatic rings. The molecule has 0 aromatic heterocycles. The minimum absolute atomic E-state index is 0. The van der Waals surface area contributed by atoms with Gasteiger partial charge >= 0.3 is 80.2 Å². The van der Waals surface area contributed by atoms with Crippen molar-refractivity contribution in [2.75, 3.05) is 0 Å². The number of carbonyl (C=O) groups excluding carboxylic acids is 2. The first kappa shape index (κ1) is 45.4. The molecule has 0 bridgehead atoms. The van der Waals surface area contributed by atoms with E-state index in [9.17, 15) is 54.9 Å². The Morgan fingerprint density at radius 2 is 0.585 bits per heavy atom. The molecule has 0 saturated heterocycles. The van der Waals surface area contributed by atoms with E-state index in [4.69, 9.17) is 0 Å². The van der Waals surface area contributed by atoms with E-state index < -0.39 is 79.4 Å². The van der Waals surface area contributed by atoms with E-state index in [0.29, 0.717) is 0 Å². The maximum absolute atomic E-state index is 12.7. The number of hydrogen-bond acceptors (Lipinski definition) is 6. The summed E-state index contributed by atoms with van der Waals surface area (Å²) in [4.78, 5) is 17.5. The van der Waals surface area contributed by atoms with Gasteiger partial charge in [-0.05, 0) is 64.2 Å². The van der Waals surface area contributed by atoms with E-state index in [1.54, 1.807) is 0 Å². The van der Waals surface area contributed by atoms with Gasteiger partial charge in [0.2, 0.25) is 0 Å². The molecular formula is C24H10F8MoNa2O4S2+2. The molecule has 204 valence electrons. The molecule has 2 aliphatic carbocycles. The molecule has 4 rings (SSSR count). The third kappa shape index (κ3) is 13.2. The number of aromatic carboxylic acids is 2. The first-order chi connectivity index (χ1) is 17.7. The summed E-state index contributed by atoms with van der Waals surface area (Å²) < 4.78 is 101. The Kier molecular flexibility index (Phi) is 24.9. The van der Waals surface area contributed by atoms with E-state index in [2.05, 4.69) is 25.3 Å². The first-order valence-corrected chi connectivity index (χ1v) is 10.4. The molecule has 0 spiro atoms. The second-order valence-corrected chi connectivity index (χ2v) is 7.24. The van der Waals surface area contributed by atoms with Gasteiger partial charge in [0.15, 0.2) is 23.3 Å². The summed E-state index contributed by atoms with van der Waals surface area (Å²) in [6.07, 6.45) is 20.0. The van der Waals surface area contributed by atoms with Crippen LogP contribution in [0.5, 0.6) is 0 Å². The first-order valence-electron chi connectivity index (χ1n) is 9.57. The van der Waals surface area contributed by atoms with Gasteiger partial charge < -0.3 is 45.1 Å². The summed E-state index contributed by atoms with van der Waals surface area (Å²) in [7, 11) is 0. The van der Waals surface area contributed by atoms with Crippen molar-refractivity contribution in [3.63, 3.8) is 0 Å². The number of benzene rings is 2. The normalized spacial score (nSPS) is 12.9. The van der Waals surface area contributed by atoms with Crippen molar-refractivity contribution >= 4 is 37.2 Å². The summed E-state index contributed by atoms with van der Waals surface area (Å²) in [6.45, 7) is 0. The number of carboxylic acids is 2. The number of rotatable bonds is 2. The van der Waals surface area contributed by atoms with Gasteiger partial charge in [-0.3, -0.25) is 0 Å². The van der Waals surface area contributed by atoms with Crippen LogP contribution in [0.4, 0.5) is 35.1 Å². The quantitative estimate of drug-likeness (QED) is 0.143. The molecule has 41 heavy (non-hydrogen) atoms. The van der Waals surface area contributed by atoms with Gasteiger partial charge in [0.05, 0.1) is 23.1 Å². The Balaban J connectivity index is -0.000000500. The molecule has 4 nitrogen and oxygen atoms in total. The summed E-state index contributed by atoms with van der Waals surface area (Å²) >= 11 is 7.94. The maximum atomic E-state index is 12.7. The largest absolute Gasteiger partial charge is 4.00 e. The molecule has 2 aliphatic rings. The fraction of sp³-hybridized carbons (Fsp3) is 0. The van der Waals surface area contributed by atoms with Crippen molar-refractivity contribution in [2.24, 2.45) is 0 Å². The molecule has 10 radical (unpaired) electrons. The number of hydrogen-bond donors (Lipinski definition) is 0. The summed E-state index contributed by atoms with van der Waals surface area (Å²) in [5.41, 5.74) is -3.60. The van der Waals surface area contributed by atoms with Crippen LogP contribution in [0.25, 0.3) is 0 Å². The molecule has 17 heteroatoms. The van der Waals surface area contributed by atoms with Crippen LogP contribution in [0, 0.1) is 111 Å². The summed E-state index contributed by atoms with van der Waals surface area (Å²) in [5.74, 6) is -20.6. The van der Waals surface area contributed by atoms with Crippen LogP contribution >= 0.6 is 0 Å². The molecule has 0 aliphatic heterocycles. The molecule has 2 fully saturated rings. The molecule has 0 atom stereocenters. The predicted molar refractivity (Wildman–Crippen MR) is 115 cm³/mol. The fourth-order valence-corrected chi connectivity index (χ4v) is 2.58.